The number of hydrogen-bond acceptors (Lipinski definition) is 5. The molecular weight excluding hydrogens is 560 g/mol. The SMILES string of the molecule is CC1(C)C(/C=C/C=C/C=C2/N(CCCS(=O)(=O)O)c3ccccc3C2(C)C)=[N+](CCCS(=O)(=O)O)c2ccccc21. The number of benzene rings is 2. The molecule has 0 radical (unpaired) electrons. The van der Waals surface area contributed by atoms with Gasteiger partial charge in [-0.2, -0.15) is 21.4 Å². The van der Waals surface area contributed by atoms with Crippen molar-refractivity contribution >= 4 is 37.3 Å². The van der Waals surface area contributed by atoms with Gasteiger partial charge in [0.1, 0.15) is 6.54 Å². The molecule has 0 unspecified atom stereocenters. The minimum absolute atomic E-state index is 0.295. The Morgan fingerprint density at radius 3 is 2.07 bits per heavy atom. The van der Waals surface area contributed by atoms with Crippen LogP contribution >= 0.6 is 0 Å². The van der Waals surface area contributed by atoms with E-state index in [9.17, 15) is 25.9 Å². The van der Waals surface area contributed by atoms with E-state index in [0.29, 0.717) is 25.9 Å². The first-order chi connectivity index (χ1) is 19.1. The highest BCUT2D eigenvalue weighted by Gasteiger charge is 2.44. The van der Waals surface area contributed by atoms with E-state index < -0.39 is 20.2 Å². The van der Waals surface area contributed by atoms with Crippen LogP contribution in [0.25, 0.3) is 0 Å². The molecule has 41 heavy (non-hydrogen) atoms. The molecule has 0 spiro atoms. The number of anilines is 1. The summed E-state index contributed by atoms with van der Waals surface area (Å²) in [6, 6.07) is 16.2. The normalized spacial score (nSPS) is 19.1. The van der Waals surface area contributed by atoms with Crippen LogP contribution in [0.1, 0.15) is 51.7 Å². The quantitative estimate of drug-likeness (QED) is 0.202. The maximum Gasteiger partial charge on any atom is 0.265 e. The number of rotatable bonds is 11. The van der Waals surface area contributed by atoms with Gasteiger partial charge < -0.3 is 4.90 Å². The lowest BCUT2D eigenvalue weighted by atomic mass is 9.81. The second-order valence-corrected chi connectivity index (χ2v) is 14.7. The second kappa shape index (κ2) is 11.7. The molecular formula is C31H39N2O6S2+. The molecule has 2 aromatic carbocycles. The van der Waals surface area contributed by atoms with Crippen molar-refractivity contribution in [1.82, 2.24) is 0 Å². The van der Waals surface area contributed by atoms with Gasteiger partial charge in [0.25, 0.3) is 20.2 Å². The number of nitrogens with zero attached hydrogens (tertiary/aromatic N) is 2. The van der Waals surface area contributed by atoms with Gasteiger partial charge >= 0.3 is 0 Å². The summed E-state index contributed by atoms with van der Waals surface area (Å²) in [4.78, 5) is 2.12. The zero-order valence-corrected chi connectivity index (χ0v) is 25.6. The van der Waals surface area contributed by atoms with E-state index >= 15 is 0 Å². The molecule has 0 atom stereocenters. The van der Waals surface area contributed by atoms with E-state index in [4.69, 9.17) is 0 Å². The highest BCUT2D eigenvalue weighted by Crippen LogP contribution is 2.47. The summed E-state index contributed by atoms with van der Waals surface area (Å²) in [5.41, 5.74) is 5.85. The minimum Gasteiger partial charge on any atom is -0.344 e. The molecule has 0 aromatic heterocycles. The molecule has 0 saturated carbocycles. The van der Waals surface area contributed by atoms with Crippen molar-refractivity contribution in [2.45, 2.75) is 51.4 Å². The summed E-state index contributed by atoms with van der Waals surface area (Å²) < 4.78 is 65.8. The third-order valence-electron chi connectivity index (χ3n) is 7.90. The number of fused-ring (bicyclic) bond motifs is 2. The van der Waals surface area contributed by atoms with Crippen LogP contribution in [-0.2, 0) is 31.1 Å². The van der Waals surface area contributed by atoms with Crippen LogP contribution in [0, 0.1) is 0 Å². The lowest BCUT2D eigenvalue weighted by Gasteiger charge is -2.27. The number of allylic oxidation sites excluding steroid dienone is 6. The maximum atomic E-state index is 11.3. The van der Waals surface area contributed by atoms with Crippen molar-refractivity contribution in [3.05, 3.63) is 95.7 Å². The zero-order valence-electron chi connectivity index (χ0n) is 24.0. The first-order valence-electron chi connectivity index (χ1n) is 13.7. The molecule has 0 amide bonds. The van der Waals surface area contributed by atoms with Gasteiger partial charge in [-0.25, -0.2) is 0 Å². The third-order valence-corrected chi connectivity index (χ3v) is 9.51. The van der Waals surface area contributed by atoms with Crippen LogP contribution in [0.3, 0.4) is 0 Å². The molecule has 220 valence electrons. The molecule has 2 N–H and O–H groups in total. The molecule has 2 aliphatic heterocycles. The van der Waals surface area contributed by atoms with E-state index in [1.54, 1.807) is 0 Å². The molecule has 2 aromatic rings. The van der Waals surface area contributed by atoms with Crippen molar-refractivity contribution in [2.24, 2.45) is 0 Å². The average molecular weight is 600 g/mol. The summed E-state index contributed by atoms with van der Waals surface area (Å²) in [5, 5.41) is 0. The van der Waals surface area contributed by atoms with E-state index in [2.05, 4.69) is 49.3 Å². The average Bonchev–Trinajstić information content (AvgIpc) is 3.22. The third kappa shape index (κ3) is 6.89. The Hall–Kier alpha value is -3.05. The number of para-hydroxylation sites is 2. The maximum absolute atomic E-state index is 11.3. The van der Waals surface area contributed by atoms with Gasteiger partial charge in [-0.3, -0.25) is 9.11 Å². The summed E-state index contributed by atoms with van der Waals surface area (Å²) in [6.45, 7) is 9.48. The molecule has 0 aliphatic carbocycles. The van der Waals surface area contributed by atoms with Crippen LogP contribution in [0.4, 0.5) is 11.4 Å². The molecule has 0 saturated heterocycles. The highest BCUT2D eigenvalue weighted by molar-refractivity contribution is 7.86. The van der Waals surface area contributed by atoms with Crippen molar-refractivity contribution in [1.29, 1.82) is 0 Å². The fraction of sp³-hybridized carbons (Fsp3) is 0.387. The molecule has 0 fully saturated rings. The van der Waals surface area contributed by atoms with E-state index in [1.807, 2.05) is 66.8 Å². The van der Waals surface area contributed by atoms with Crippen molar-refractivity contribution in [2.75, 3.05) is 29.5 Å². The molecule has 2 heterocycles. The van der Waals surface area contributed by atoms with E-state index in [0.717, 1.165) is 33.9 Å². The largest absolute Gasteiger partial charge is 0.344 e. The van der Waals surface area contributed by atoms with E-state index in [1.165, 1.54) is 0 Å². The summed E-state index contributed by atoms with van der Waals surface area (Å²) >= 11 is 0. The van der Waals surface area contributed by atoms with Crippen LogP contribution < -0.4 is 4.90 Å². The van der Waals surface area contributed by atoms with Crippen LogP contribution in [0.2, 0.25) is 0 Å². The fourth-order valence-electron chi connectivity index (χ4n) is 5.93. The van der Waals surface area contributed by atoms with Crippen LogP contribution in [-0.4, -0.2) is 60.8 Å². The minimum atomic E-state index is -4.04. The Bertz CT molecular complexity index is 1650. The monoisotopic (exact) mass is 599 g/mol. The Kier molecular flexibility index (Phi) is 8.80. The van der Waals surface area contributed by atoms with Gasteiger partial charge in [0.05, 0.1) is 16.9 Å². The van der Waals surface area contributed by atoms with Crippen molar-refractivity contribution < 1.29 is 30.5 Å². The van der Waals surface area contributed by atoms with Crippen molar-refractivity contribution in [3.63, 3.8) is 0 Å². The Balaban J connectivity index is 1.61. The van der Waals surface area contributed by atoms with Crippen LogP contribution in [0.15, 0.2) is 84.6 Å². The predicted molar refractivity (Wildman–Crippen MR) is 165 cm³/mol. The van der Waals surface area contributed by atoms with Gasteiger partial charge in [0, 0.05) is 47.5 Å². The first-order valence-corrected chi connectivity index (χ1v) is 16.9. The molecule has 10 heteroatoms. The Morgan fingerprint density at radius 1 is 0.780 bits per heavy atom. The highest BCUT2D eigenvalue weighted by atomic mass is 32.2. The Morgan fingerprint density at radius 2 is 1.39 bits per heavy atom. The summed E-state index contributed by atoms with van der Waals surface area (Å²) in [6.07, 6.45) is 10.6. The predicted octanol–water partition coefficient (Wildman–Crippen LogP) is 5.41. The standard InChI is InChI=1S/C31H38N2O6S2/c1-30(2)24-14-8-10-16-26(24)32(20-12-22-40(34,35)36)28(30)18-6-5-7-19-29-31(3,4)25-15-9-11-17-27(25)33(29)21-13-23-41(37,38)39/h5-11,14-19H,12-13,20-23H2,1-4H3,(H-,34,35,36,37,38,39)/p+1. The molecule has 0 bridgehead atoms. The van der Waals surface area contributed by atoms with Gasteiger partial charge in [0.15, 0.2) is 5.71 Å². The molecule has 8 nitrogen and oxygen atoms in total. The lowest BCUT2D eigenvalue weighted by molar-refractivity contribution is -0.437. The summed E-state index contributed by atoms with van der Waals surface area (Å²) in [7, 11) is -8.07. The van der Waals surface area contributed by atoms with Gasteiger partial charge in [0.2, 0.25) is 5.69 Å². The molecule has 4 rings (SSSR count). The van der Waals surface area contributed by atoms with Crippen LogP contribution in [0.5, 0.6) is 0 Å². The smallest absolute Gasteiger partial charge is 0.265 e. The van der Waals surface area contributed by atoms with Crippen molar-refractivity contribution in [3.8, 4) is 0 Å². The number of hydrogen-bond donors (Lipinski definition) is 2. The topological polar surface area (TPSA) is 115 Å². The van der Waals surface area contributed by atoms with Gasteiger partial charge in [-0.15, -0.1) is 0 Å². The Labute approximate surface area is 243 Å². The molecule has 2 aliphatic rings. The fourth-order valence-corrected chi connectivity index (χ4v) is 6.92. The first kappa shape index (κ1) is 30.9. The zero-order chi connectivity index (χ0) is 30.1. The van der Waals surface area contributed by atoms with Gasteiger partial charge in [-0.05, 0) is 38.0 Å². The van der Waals surface area contributed by atoms with Gasteiger partial charge in [-0.1, -0.05) is 68.5 Å². The summed E-state index contributed by atoms with van der Waals surface area (Å²) in [5.74, 6) is -0.592. The lowest BCUT2D eigenvalue weighted by Crippen LogP contribution is -2.28. The van der Waals surface area contributed by atoms with E-state index in [-0.39, 0.29) is 22.3 Å². The second-order valence-electron chi connectivity index (χ2n) is 11.5.